The third-order valence-electron chi connectivity index (χ3n) is 3.18. The minimum atomic E-state index is -2.94. The Morgan fingerprint density at radius 2 is 2.21 bits per heavy atom. The second-order valence-corrected chi connectivity index (χ2v) is 7.09. The third kappa shape index (κ3) is 3.44. The van der Waals surface area contributed by atoms with Crippen molar-refractivity contribution in [2.45, 2.75) is 13.3 Å². The molecular weight excluding hydrogens is 268 g/mol. The van der Waals surface area contributed by atoms with Crippen molar-refractivity contribution in [3.05, 3.63) is 33.7 Å². The lowest BCUT2D eigenvalue weighted by molar-refractivity contribution is 0.0947. The van der Waals surface area contributed by atoms with E-state index in [1.165, 1.54) is 6.07 Å². The monoisotopic (exact) mass is 284 g/mol. The summed E-state index contributed by atoms with van der Waals surface area (Å²) in [6.07, 6.45) is 0.562. The van der Waals surface area contributed by atoms with Crippen molar-refractivity contribution in [2.24, 2.45) is 5.92 Å². The predicted molar refractivity (Wildman–Crippen MR) is 70.9 cm³/mol. The van der Waals surface area contributed by atoms with Gasteiger partial charge in [0.2, 0.25) is 0 Å². The topological polar surface area (TPSA) is 96.1 Å². The maximum atomic E-state index is 11.8. The van der Waals surface area contributed by atoms with Gasteiger partial charge in [0.05, 0.1) is 11.5 Å². The number of H-pyrrole nitrogens is 1. The summed E-state index contributed by atoms with van der Waals surface area (Å²) in [5, 5.41) is 2.62. The van der Waals surface area contributed by atoms with Crippen LogP contribution in [0.2, 0.25) is 0 Å². The van der Waals surface area contributed by atoms with Crippen LogP contribution in [0, 0.1) is 12.8 Å². The second-order valence-electron chi connectivity index (χ2n) is 4.86. The maximum absolute atomic E-state index is 11.8. The highest BCUT2D eigenvalue weighted by Gasteiger charge is 2.28. The van der Waals surface area contributed by atoms with Crippen molar-refractivity contribution >= 4 is 15.7 Å². The number of amides is 1. The average molecular weight is 284 g/mol. The fourth-order valence-electron chi connectivity index (χ4n) is 2.12. The minimum Gasteiger partial charge on any atom is -0.352 e. The van der Waals surface area contributed by atoms with Crippen molar-refractivity contribution in [3.63, 3.8) is 0 Å². The number of hydrogen-bond acceptors (Lipinski definition) is 4. The highest BCUT2D eigenvalue weighted by molar-refractivity contribution is 7.91. The first-order chi connectivity index (χ1) is 8.87. The maximum Gasteiger partial charge on any atom is 0.260 e. The zero-order valence-electron chi connectivity index (χ0n) is 10.6. The summed E-state index contributed by atoms with van der Waals surface area (Å²) in [5.41, 5.74) is 0.298. The van der Waals surface area contributed by atoms with Crippen LogP contribution in [0.1, 0.15) is 22.5 Å². The van der Waals surface area contributed by atoms with E-state index in [1.807, 2.05) is 0 Å². The number of sulfone groups is 1. The molecule has 0 aliphatic carbocycles. The summed E-state index contributed by atoms with van der Waals surface area (Å²) in [6, 6.07) is 3.12. The Morgan fingerprint density at radius 3 is 2.79 bits per heavy atom. The van der Waals surface area contributed by atoms with Gasteiger partial charge in [0.15, 0.2) is 9.84 Å². The standard InChI is InChI=1S/C12H16N2O4S/c1-8-2-3-10(12(16)14-8)11(15)13-6-9-4-5-19(17,18)7-9/h2-3,9H,4-7H2,1H3,(H,13,15)(H,14,16)/t9-/m0/s1. The van der Waals surface area contributed by atoms with Gasteiger partial charge in [-0.1, -0.05) is 0 Å². The number of aromatic nitrogens is 1. The van der Waals surface area contributed by atoms with Gasteiger partial charge in [-0.15, -0.1) is 0 Å². The molecule has 1 saturated heterocycles. The summed E-state index contributed by atoms with van der Waals surface area (Å²) in [7, 11) is -2.94. The Morgan fingerprint density at radius 1 is 1.47 bits per heavy atom. The van der Waals surface area contributed by atoms with Crippen molar-refractivity contribution in [3.8, 4) is 0 Å². The summed E-state index contributed by atoms with van der Waals surface area (Å²) in [4.78, 5) is 25.9. The molecule has 0 saturated carbocycles. The summed E-state index contributed by atoms with van der Waals surface area (Å²) in [5.74, 6) is -0.236. The van der Waals surface area contributed by atoms with Gasteiger partial charge in [0.1, 0.15) is 5.56 Å². The lowest BCUT2D eigenvalue weighted by Crippen LogP contribution is -2.33. The molecule has 1 atom stereocenters. The molecule has 6 nitrogen and oxygen atoms in total. The van der Waals surface area contributed by atoms with E-state index < -0.39 is 21.3 Å². The summed E-state index contributed by atoms with van der Waals surface area (Å²) in [6.45, 7) is 2.01. The van der Waals surface area contributed by atoms with E-state index in [9.17, 15) is 18.0 Å². The van der Waals surface area contributed by atoms with Gasteiger partial charge in [-0.2, -0.15) is 0 Å². The zero-order valence-corrected chi connectivity index (χ0v) is 11.4. The molecule has 0 spiro atoms. The highest BCUT2D eigenvalue weighted by Crippen LogP contribution is 2.17. The Bertz CT molecular complexity index is 648. The van der Waals surface area contributed by atoms with Crippen molar-refractivity contribution < 1.29 is 13.2 Å². The Kier molecular flexibility index (Phi) is 3.75. The molecule has 0 bridgehead atoms. The summed E-state index contributed by atoms with van der Waals surface area (Å²) >= 11 is 0. The van der Waals surface area contributed by atoms with E-state index in [0.717, 1.165) is 0 Å². The average Bonchev–Trinajstić information content (AvgIpc) is 2.66. The van der Waals surface area contributed by atoms with Crippen molar-refractivity contribution in [2.75, 3.05) is 18.1 Å². The lowest BCUT2D eigenvalue weighted by atomic mass is 10.1. The van der Waals surface area contributed by atoms with E-state index >= 15 is 0 Å². The van der Waals surface area contributed by atoms with Crippen LogP contribution < -0.4 is 10.9 Å². The molecule has 1 aliphatic heterocycles. The molecule has 104 valence electrons. The quantitative estimate of drug-likeness (QED) is 0.806. The Labute approximate surface area is 111 Å². The number of aryl methyl sites for hydroxylation is 1. The second kappa shape index (κ2) is 5.16. The Hall–Kier alpha value is -1.63. The van der Waals surface area contributed by atoms with Crippen molar-refractivity contribution in [1.82, 2.24) is 10.3 Å². The predicted octanol–water partition coefficient (Wildman–Crippen LogP) is -0.152. The molecule has 1 aromatic rings. The van der Waals surface area contributed by atoms with Crippen molar-refractivity contribution in [1.29, 1.82) is 0 Å². The molecule has 1 amide bonds. The van der Waals surface area contributed by atoms with Gasteiger partial charge in [0.25, 0.3) is 11.5 Å². The van der Waals surface area contributed by atoms with Crippen LogP contribution in [0.25, 0.3) is 0 Å². The number of aromatic amines is 1. The van der Waals surface area contributed by atoms with Crippen LogP contribution in [-0.2, 0) is 9.84 Å². The van der Waals surface area contributed by atoms with Crippen LogP contribution in [-0.4, -0.2) is 37.4 Å². The molecule has 19 heavy (non-hydrogen) atoms. The molecular formula is C12H16N2O4S. The fourth-order valence-corrected chi connectivity index (χ4v) is 3.98. The molecule has 2 N–H and O–H groups in total. The first kappa shape index (κ1) is 13.8. The molecule has 7 heteroatoms. The Balaban J connectivity index is 1.97. The van der Waals surface area contributed by atoms with Crippen LogP contribution in [0.15, 0.2) is 16.9 Å². The van der Waals surface area contributed by atoms with E-state index in [4.69, 9.17) is 0 Å². The molecule has 0 aromatic carbocycles. The van der Waals surface area contributed by atoms with E-state index in [0.29, 0.717) is 12.1 Å². The molecule has 2 heterocycles. The molecule has 1 aromatic heterocycles. The fraction of sp³-hybridized carbons (Fsp3) is 0.500. The largest absolute Gasteiger partial charge is 0.352 e. The van der Waals surface area contributed by atoms with E-state index in [2.05, 4.69) is 10.3 Å². The number of hydrogen-bond donors (Lipinski definition) is 2. The van der Waals surface area contributed by atoms with Gasteiger partial charge in [-0.05, 0) is 31.4 Å². The van der Waals surface area contributed by atoms with Gasteiger partial charge in [0, 0.05) is 12.2 Å². The zero-order chi connectivity index (χ0) is 14.0. The highest BCUT2D eigenvalue weighted by atomic mass is 32.2. The molecule has 0 radical (unpaired) electrons. The number of pyridine rings is 1. The van der Waals surface area contributed by atoms with Gasteiger partial charge in [-0.25, -0.2) is 8.42 Å². The molecule has 0 unspecified atom stereocenters. The van der Waals surface area contributed by atoms with E-state index in [-0.39, 0.29) is 29.5 Å². The lowest BCUT2D eigenvalue weighted by Gasteiger charge is -2.09. The SMILES string of the molecule is Cc1ccc(C(=O)NC[C@@H]2CCS(=O)(=O)C2)c(=O)[nH]1. The normalized spacial score (nSPS) is 21.2. The minimum absolute atomic E-state index is 0.0476. The first-order valence-corrected chi connectivity index (χ1v) is 7.88. The number of carbonyl (C=O) groups excluding carboxylic acids is 1. The number of carbonyl (C=O) groups is 1. The van der Waals surface area contributed by atoms with Gasteiger partial charge < -0.3 is 10.3 Å². The molecule has 1 fully saturated rings. The van der Waals surface area contributed by atoms with Gasteiger partial charge in [-0.3, -0.25) is 9.59 Å². The van der Waals surface area contributed by atoms with Crippen LogP contribution in [0.4, 0.5) is 0 Å². The van der Waals surface area contributed by atoms with Crippen LogP contribution in [0.5, 0.6) is 0 Å². The first-order valence-electron chi connectivity index (χ1n) is 6.06. The third-order valence-corrected chi connectivity index (χ3v) is 5.01. The smallest absolute Gasteiger partial charge is 0.260 e. The molecule has 1 aliphatic rings. The van der Waals surface area contributed by atoms with E-state index in [1.54, 1.807) is 13.0 Å². The number of rotatable bonds is 3. The van der Waals surface area contributed by atoms with Crippen LogP contribution in [0.3, 0.4) is 0 Å². The molecule has 2 rings (SSSR count). The van der Waals surface area contributed by atoms with Gasteiger partial charge >= 0.3 is 0 Å². The van der Waals surface area contributed by atoms with Crippen LogP contribution >= 0.6 is 0 Å². The summed E-state index contributed by atoms with van der Waals surface area (Å²) < 4.78 is 22.6. The number of nitrogens with one attached hydrogen (secondary N) is 2.